The van der Waals surface area contributed by atoms with E-state index in [1.807, 2.05) is 48.7 Å². The van der Waals surface area contributed by atoms with Crippen molar-refractivity contribution in [1.82, 2.24) is 15.2 Å². The molecule has 0 aliphatic rings. The quantitative estimate of drug-likeness (QED) is 0.408. The van der Waals surface area contributed by atoms with Crippen molar-refractivity contribution in [2.75, 3.05) is 6.61 Å². The van der Waals surface area contributed by atoms with E-state index in [2.05, 4.69) is 15.2 Å². The smallest absolute Gasteiger partial charge is 0.277 e. The first-order chi connectivity index (χ1) is 12.8. The molecule has 3 aromatic heterocycles. The molecule has 0 N–H and O–H groups in total. The van der Waals surface area contributed by atoms with Crippen molar-refractivity contribution in [2.24, 2.45) is 0 Å². The number of aromatic nitrogens is 3. The monoisotopic (exact) mass is 385 g/mol. The van der Waals surface area contributed by atoms with Crippen LogP contribution in [0.1, 0.15) is 12.6 Å². The molecular weight excluding hydrogens is 370 g/mol. The molecule has 3 heterocycles. The molecule has 0 spiro atoms. The van der Waals surface area contributed by atoms with Crippen LogP contribution in [0.5, 0.6) is 5.75 Å². The van der Waals surface area contributed by atoms with Crippen molar-refractivity contribution in [2.45, 2.75) is 17.9 Å². The Labute approximate surface area is 158 Å². The van der Waals surface area contributed by atoms with Gasteiger partial charge in [-0.1, -0.05) is 30.0 Å². The Morgan fingerprint density at radius 3 is 2.88 bits per heavy atom. The van der Waals surface area contributed by atoms with E-state index < -0.39 is 0 Å². The molecule has 132 valence electrons. The number of para-hydroxylation sites is 1. The summed E-state index contributed by atoms with van der Waals surface area (Å²) in [7, 11) is 0. The van der Waals surface area contributed by atoms with Gasteiger partial charge in [0.1, 0.15) is 12.0 Å². The van der Waals surface area contributed by atoms with Crippen molar-refractivity contribution in [3.8, 4) is 28.0 Å². The average molecular weight is 385 g/mol. The first kappa shape index (κ1) is 16.9. The number of oxazole rings is 1. The summed E-state index contributed by atoms with van der Waals surface area (Å²) in [5.74, 6) is 2.39. The van der Waals surface area contributed by atoms with Crippen LogP contribution in [0.15, 0.2) is 62.1 Å². The minimum atomic E-state index is 0.441. The summed E-state index contributed by atoms with van der Waals surface area (Å²) in [6.45, 7) is 2.51. The molecule has 0 aliphatic carbocycles. The van der Waals surface area contributed by atoms with Gasteiger partial charge >= 0.3 is 0 Å². The zero-order valence-electron chi connectivity index (χ0n) is 13.9. The summed E-state index contributed by atoms with van der Waals surface area (Å²) in [6.07, 6.45) is 1.66. The lowest BCUT2D eigenvalue weighted by molar-refractivity contribution is 0.340. The van der Waals surface area contributed by atoms with Crippen LogP contribution in [-0.2, 0) is 5.75 Å². The van der Waals surface area contributed by atoms with Crippen LogP contribution in [0.25, 0.3) is 22.2 Å². The molecule has 4 aromatic rings. The van der Waals surface area contributed by atoms with Gasteiger partial charge in [-0.25, -0.2) is 4.98 Å². The second kappa shape index (κ2) is 7.76. The molecule has 1 aromatic carbocycles. The second-order valence-electron chi connectivity index (χ2n) is 5.21. The third-order valence-corrected chi connectivity index (χ3v) is 5.16. The lowest BCUT2D eigenvalue weighted by atomic mass is 10.2. The fraction of sp³-hybridized carbons (Fsp3) is 0.167. The maximum absolute atomic E-state index is 5.76. The molecule has 0 radical (unpaired) electrons. The van der Waals surface area contributed by atoms with Gasteiger partial charge in [0, 0.05) is 5.75 Å². The molecule has 0 unspecified atom stereocenters. The van der Waals surface area contributed by atoms with E-state index in [1.54, 1.807) is 17.6 Å². The molecule has 0 atom stereocenters. The number of benzene rings is 1. The first-order valence-electron chi connectivity index (χ1n) is 8.00. The highest BCUT2D eigenvalue weighted by Crippen LogP contribution is 2.32. The van der Waals surface area contributed by atoms with Gasteiger partial charge < -0.3 is 13.6 Å². The van der Waals surface area contributed by atoms with E-state index in [0.29, 0.717) is 29.4 Å². The van der Waals surface area contributed by atoms with Crippen LogP contribution in [0.3, 0.4) is 0 Å². The zero-order valence-corrected chi connectivity index (χ0v) is 15.5. The van der Waals surface area contributed by atoms with Gasteiger partial charge in [0.25, 0.3) is 11.1 Å². The summed E-state index contributed by atoms with van der Waals surface area (Å²) >= 11 is 3.01. The van der Waals surface area contributed by atoms with Gasteiger partial charge in [-0.05, 0) is 30.5 Å². The van der Waals surface area contributed by atoms with Crippen molar-refractivity contribution < 1.29 is 13.6 Å². The van der Waals surface area contributed by atoms with Gasteiger partial charge in [-0.15, -0.1) is 21.5 Å². The fourth-order valence-corrected chi connectivity index (χ4v) is 3.62. The standard InChI is InChI=1S/C18H15N3O3S2/c1-2-22-14-7-4-3-6-13(14)16-20-21-18(24-16)26-11-12-10-23-17(19-12)15-8-5-9-25-15/h3-10H,2,11H2,1H3. The molecule has 26 heavy (non-hydrogen) atoms. The predicted octanol–water partition coefficient (Wildman–Crippen LogP) is 5.14. The Kier molecular flexibility index (Phi) is 5.03. The average Bonchev–Trinajstić information content (AvgIpc) is 3.41. The summed E-state index contributed by atoms with van der Waals surface area (Å²) in [6, 6.07) is 11.6. The summed E-state index contributed by atoms with van der Waals surface area (Å²) in [4.78, 5) is 5.49. The van der Waals surface area contributed by atoms with Gasteiger partial charge in [0.2, 0.25) is 5.89 Å². The van der Waals surface area contributed by atoms with Crippen LogP contribution in [0, 0.1) is 0 Å². The third kappa shape index (κ3) is 3.66. The van der Waals surface area contributed by atoms with Gasteiger partial charge in [0.05, 0.1) is 22.7 Å². The van der Waals surface area contributed by atoms with Gasteiger partial charge in [-0.2, -0.15) is 0 Å². The Morgan fingerprint density at radius 2 is 2.04 bits per heavy atom. The Bertz CT molecular complexity index is 979. The largest absolute Gasteiger partial charge is 0.493 e. The molecule has 0 saturated heterocycles. The van der Waals surface area contributed by atoms with Crippen LogP contribution in [0.4, 0.5) is 0 Å². The number of thiophene rings is 1. The molecule has 0 bridgehead atoms. The third-order valence-electron chi connectivity index (χ3n) is 3.45. The fourth-order valence-electron chi connectivity index (χ4n) is 2.32. The minimum absolute atomic E-state index is 0.441. The highest BCUT2D eigenvalue weighted by molar-refractivity contribution is 7.98. The van der Waals surface area contributed by atoms with E-state index in [4.69, 9.17) is 13.6 Å². The van der Waals surface area contributed by atoms with Crippen molar-refractivity contribution >= 4 is 23.1 Å². The van der Waals surface area contributed by atoms with Crippen LogP contribution in [0.2, 0.25) is 0 Å². The summed E-state index contributed by atoms with van der Waals surface area (Å²) < 4.78 is 16.9. The molecule has 8 heteroatoms. The number of thioether (sulfide) groups is 1. The number of hydrogen-bond acceptors (Lipinski definition) is 8. The molecule has 6 nitrogen and oxygen atoms in total. The van der Waals surface area contributed by atoms with Gasteiger partial charge in [-0.3, -0.25) is 0 Å². The maximum atomic E-state index is 5.76. The first-order valence-corrected chi connectivity index (χ1v) is 9.87. The Morgan fingerprint density at radius 1 is 1.12 bits per heavy atom. The zero-order chi connectivity index (χ0) is 17.8. The highest BCUT2D eigenvalue weighted by atomic mass is 32.2. The molecule has 0 fully saturated rings. The van der Waals surface area contributed by atoms with E-state index in [0.717, 1.165) is 21.9 Å². The van der Waals surface area contributed by atoms with Crippen LogP contribution in [-0.4, -0.2) is 21.8 Å². The van der Waals surface area contributed by atoms with Crippen LogP contribution < -0.4 is 4.74 Å². The normalized spacial score (nSPS) is 11.0. The van der Waals surface area contributed by atoms with Gasteiger partial charge in [0.15, 0.2) is 0 Å². The molecule has 4 rings (SSSR count). The second-order valence-corrected chi connectivity index (χ2v) is 7.09. The van der Waals surface area contributed by atoms with Crippen molar-refractivity contribution in [1.29, 1.82) is 0 Å². The van der Waals surface area contributed by atoms with E-state index in [9.17, 15) is 0 Å². The lowest BCUT2D eigenvalue weighted by Gasteiger charge is -2.05. The van der Waals surface area contributed by atoms with Crippen molar-refractivity contribution in [3.63, 3.8) is 0 Å². The number of rotatable bonds is 7. The Balaban J connectivity index is 1.45. The Hall–Kier alpha value is -2.58. The topological polar surface area (TPSA) is 74.2 Å². The highest BCUT2D eigenvalue weighted by Gasteiger charge is 2.15. The number of nitrogens with zero attached hydrogens (tertiary/aromatic N) is 3. The molecular formula is C18H15N3O3S2. The number of ether oxygens (including phenoxy) is 1. The maximum Gasteiger partial charge on any atom is 0.277 e. The lowest BCUT2D eigenvalue weighted by Crippen LogP contribution is -1.93. The number of hydrogen-bond donors (Lipinski definition) is 0. The van der Waals surface area contributed by atoms with E-state index >= 15 is 0 Å². The minimum Gasteiger partial charge on any atom is -0.493 e. The molecule has 0 aliphatic heterocycles. The van der Waals surface area contributed by atoms with E-state index in [1.165, 1.54) is 11.8 Å². The summed E-state index contributed by atoms with van der Waals surface area (Å²) in [5, 5.41) is 10.7. The van der Waals surface area contributed by atoms with E-state index in [-0.39, 0.29) is 0 Å². The molecule has 0 amide bonds. The van der Waals surface area contributed by atoms with Crippen molar-refractivity contribution in [3.05, 3.63) is 53.7 Å². The molecule has 0 saturated carbocycles. The SMILES string of the molecule is CCOc1ccccc1-c1nnc(SCc2coc(-c3cccs3)n2)o1. The van der Waals surface area contributed by atoms with Crippen LogP contribution >= 0.6 is 23.1 Å². The summed E-state index contributed by atoms with van der Waals surface area (Å²) in [5.41, 5.74) is 1.61. The predicted molar refractivity (Wildman–Crippen MR) is 100 cm³/mol.